The molecule has 2 heterocycles. The van der Waals surface area contributed by atoms with Gasteiger partial charge in [0, 0.05) is 17.8 Å². The zero-order valence-electron chi connectivity index (χ0n) is 13.9. The summed E-state index contributed by atoms with van der Waals surface area (Å²) in [6.07, 6.45) is -0.140. The highest BCUT2D eigenvalue weighted by Crippen LogP contribution is 2.32. The molecule has 1 aromatic carbocycles. The number of aromatic nitrogens is 2. The number of carbonyl (C=O) groups excluding carboxylic acids is 1. The van der Waals surface area contributed by atoms with Crippen LogP contribution < -0.4 is 26.1 Å². The maximum absolute atomic E-state index is 11.7. The van der Waals surface area contributed by atoms with Gasteiger partial charge < -0.3 is 25.3 Å². The molecule has 0 atom stereocenters. The maximum atomic E-state index is 11.7. The summed E-state index contributed by atoms with van der Waals surface area (Å²) < 4.78 is 15.5. The van der Waals surface area contributed by atoms with E-state index >= 15 is 0 Å². The molecule has 0 radical (unpaired) electrons. The van der Waals surface area contributed by atoms with Gasteiger partial charge in [0.05, 0.1) is 19.2 Å². The first-order chi connectivity index (χ1) is 12.5. The minimum Gasteiger partial charge on any atom is -0.486 e. The van der Waals surface area contributed by atoms with E-state index in [4.69, 9.17) is 15.2 Å². The van der Waals surface area contributed by atoms with Crippen LogP contribution in [0.4, 0.5) is 11.6 Å². The SMILES string of the molecule is COC(=O)Cc1cc(=O)[nH]c(/N=C(\N)Nc2ccc3c(c2)OCCO3)n1. The Balaban J connectivity index is 1.77. The van der Waals surface area contributed by atoms with Crippen LogP contribution in [0.3, 0.4) is 0 Å². The van der Waals surface area contributed by atoms with Crippen molar-refractivity contribution in [3.8, 4) is 11.5 Å². The molecule has 0 amide bonds. The summed E-state index contributed by atoms with van der Waals surface area (Å²) >= 11 is 0. The normalized spacial score (nSPS) is 13.2. The van der Waals surface area contributed by atoms with Gasteiger partial charge in [0.2, 0.25) is 11.9 Å². The van der Waals surface area contributed by atoms with Gasteiger partial charge in [-0.1, -0.05) is 0 Å². The first-order valence-corrected chi connectivity index (χ1v) is 7.71. The lowest BCUT2D eigenvalue weighted by atomic mass is 10.2. The average molecular weight is 359 g/mol. The second-order valence-corrected chi connectivity index (χ2v) is 5.29. The maximum Gasteiger partial charge on any atom is 0.311 e. The van der Waals surface area contributed by atoms with Crippen LogP contribution in [0.15, 0.2) is 34.1 Å². The van der Waals surface area contributed by atoms with Crippen LogP contribution in [0.1, 0.15) is 5.69 Å². The number of ether oxygens (including phenoxy) is 3. The van der Waals surface area contributed by atoms with Gasteiger partial charge in [-0.05, 0) is 12.1 Å². The number of esters is 1. The number of guanidine groups is 1. The van der Waals surface area contributed by atoms with Gasteiger partial charge in [-0.2, -0.15) is 4.99 Å². The van der Waals surface area contributed by atoms with E-state index in [0.717, 1.165) is 0 Å². The first kappa shape index (κ1) is 17.3. The van der Waals surface area contributed by atoms with Crippen molar-refractivity contribution in [2.24, 2.45) is 10.7 Å². The number of carbonyl (C=O) groups is 1. The molecule has 0 saturated heterocycles. The van der Waals surface area contributed by atoms with Crippen molar-refractivity contribution in [3.63, 3.8) is 0 Å². The summed E-state index contributed by atoms with van der Waals surface area (Å²) in [7, 11) is 1.25. The van der Waals surface area contributed by atoms with E-state index in [2.05, 4.69) is 25.0 Å². The summed E-state index contributed by atoms with van der Waals surface area (Å²) in [4.78, 5) is 33.5. The van der Waals surface area contributed by atoms with E-state index in [1.54, 1.807) is 18.2 Å². The van der Waals surface area contributed by atoms with Gasteiger partial charge in [0.1, 0.15) is 13.2 Å². The molecule has 0 fully saturated rings. The molecule has 0 unspecified atom stereocenters. The Labute approximate surface area is 148 Å². The molecular formula is C16H17N5O5. The number of hydrogen-bond donors (Lipinski definition) is 3. The van der Waals surface area contributed by atoms with E-state index < -0.39 is 11.5 Å². The van der Waals surface area contributed by atoms with Crippen LogP contribution in [-0.4, -0.2) is 42.2 Å². The molecule has 0 bridgehead atoms. The van der Waals surface area contributed by atoms with Crippen molar-refractivity contribution in [1.29, 1.82) is 0 Å². The van der Waals surface area contributed by atoms with Crippen molar-refractivity contribution in [3.05, 3.63) is 40.3 Å². The van der Waals surface area contributed by atoms with E-state index in [0.29, 0.717) is 30.4 Å². The standard InChI is InChI=1S/C16H17N5O5/c1-24-14(23)8-10-7-13(22)20-16(19-10)21-15(17)18-9-2-3-11-12(6-9)26-5-4-25-11/h2-3,6-7H,4-5,8H2,1H3,(H4,17,18,19,20,21,22). The van der Waals surface area contributed by atoms with Crippen molar-refractivity contribution in [2.45, 2.75) is 6.42 Å². The van der Waals surface area contributed by atoms with Crippen molar-refractivity contribution in [1.82, 2.24) is 9.97 Å². The van der Waals surface area contributed by atoms with Crippen LogP contribution in [0.25, 0.3) is 0 Å². The Morgan fingerprint density at radius 1 is 1.35 bits per heavy atom. The fraction of sp³-hybridized carbons (Fsp3) is 0.250. The second-order valence-electron chi connectivity index (χ2n) is 5.29. The number of benzene rings is 1. The van der Waals surface area contributed by atoms with Crippen LogP contribution in [-0.2, 0) is 16.0 Å². The van der Waals surface area contributed by atoms with E-state index in [1.165, 1.54) is 13.2 Å². The van der Waals surface area contributed by atoms with Gasteiger partial charge in [0.15, 0.2) is 11.5 Å². The molecule has 0 saturated carbocycles. The molecule has 4 N–H and O–H groups in total. The molecule has 136 valence electrons. The van der Waals surface area contributed by atoms with Gasteiger partial charge in [0.25, 0.3) is 5.56 Å². The fourth-order valence-corrected chi connectivity index (χ4v) is 2.27. The predicted octanol–water partition coefficient (Wildman–Crippen LogP) is 0.315. The number of aromatic amines is 1. The van der Waals surface area contributed by atoms with Crippen LogP contribution in [0.2, 0.25) is 0 Å². The molecule has 0 aliphatic carbocycles. The highest BCUT2D eigenvalue weighted by atomic mass is 16.6. The molecule has 1 aromatic heterocycles. The number of nitrogens with one attached hydrogen (secondary N) is 2. The number of anilines is 1. The molecule has 3 rings (SSSR count). The Kier molecular flexibility index (Phi) is 5.02. The average Bonchev–Trinajstić information content (AvgIpc) is 2.60. The van der Waals surface area contributed by atoms with Crippen molar-refractivity contribution < 1.29 is 19.0 Å². The monoisotopic (exact) mass is 359 g/mol. The number of nitrogens with zero attached hydrogens (tertiary/aromatic N) is 2. The van der Waals surface area contributed by atoms with Gasteiger partial charge in [-0.15, -0.1) is 0 Å². The smallest absolute Gasteiger partial charge is 0.311 e. The molecule has 0 spiro atoms. The number of fused-ring (bicyclic) bond motifs is 1. The van der Waals surface area contributed by atoms with Crippen molar-refractivity contribution in [2.75, 3.05) is 25.6 Å². The summed E-state index contributed by atoms with van der Waals surface area (Å²) in [6, 6.07) is 6.42. The third kappa shape index (κ3) is 4.29. The Hall–Kier alpha value is -3.56. The third-order valence-electron chi connectivity index (χ3n) is 3.38. The summed E-state index contributed by atoms with van der Waals surface area (Å²) in [5, 5.41) is 2.87. The summed E-state index contributed by atoms with van der Waals surface area (Å²) in [5.41, 5.74) is 6.26. The number of nitrogens with two attached hydrogens (primary N) is 1. The van der Waals surface area contributed by atoms with Crippen LogP contribution in [0.5, 0.6) is 11.5 Å². The van der Waals surface area contributed by atoms with Crippen LogP contribution in [0, 0.1) is 0 Å². The summed E-state index contributed by atoms with van der Waals surface area (Å²) in [6.45, 7) is 0.975. The highest BCUT2D eigenvalue weighted by molar-refractivity contribution is 5.93. The predicted molar refractivity (Wildman–Crippen MR) is 92.9 cm³/mol. The molecule has 26 heavy (non-hydrogen) atoms. The first-order valence-electron chi connectivity index (χ1n) is 7.71. The Morgan fingerprint density at radius 2 is 2.12 bits per heavy atom. The molecule has 2 aromatic rings. The van der Waals surface area contributed by atoms with E-state index in [9.17, 15) is 9.59 Å². The zero-order valence-corrected chi connectivity index (χ0v) is 13.9. The lowest BCUT2D eigenvalue weighted by Crippen LogP contribution is -2.23. The van der Waals surface area contributed by atoms with Gasteiger partial charge >= 0.3 is 5.97 Å². The molecule has 1 aliphatic rings. The largest absolute Gasteiger partial charge is 0.486 e. The zero-order chi connectivity index (χ0) is 18.5. The van der Waals surface area contributed by atoms with Crippen molar-refractivity contribution >= 4 is 23.6 Å². The van der Waals surface area contributed by atoms with Gasteiger partial charge in [-0.25, -0.2) is 4.98 Å². The number of methoxy groups -OCH3 is 1. The lowest BCUT2D eigenvalue weighted by Gasteiger charge is -2.19. The second kappa shape index (κ2) is 7.55. The lowest BCUT2D eigenvalue weighted by molar-refractivity contribution is -0.139. The van der Waals surface area contributed by atoms with Crippen LogP contribution >= 0.6 is 0 Å². The number of rotatable bonds is 4. The highest BCUT2D eigenvalue weighted by Gasteiger charge is 2.12. The fourth-order valence-electron chi connectivity index (χ4n) is 2.27. The minimum atomic E-state index is -0.514. The van der Waals surface area contributed by atoms with Gasteiger partial charge in [-0.3, -0.25) is 14.6 Å². The quantitative estimate of drug-likeness (QED) is 0.402. The summed E-state index contributed by atoms with van der Waals surface area (Å²) in [5.74, 6) is 0.707. The molecular weight excluding hydrogens is 342 g/mol. The Bertz CT molecular complexity index is 908. The van der Waals surface area contributed by atoms with E-state index in [-0.39, 0.29) is 24.0 Å². The third-order valence-corrected chi connectivity index (χ3v) is 3.38. The Morgan fingerprint density at radius 3 is 2.88 bits per heavy atom. The number of aliphatic imine (C=N–C) groups is 1. The molecule has 1 aliphatic heterocycles. The minimum absolute atomic E-state index is 0.0000425. The number of H-pyrrole nitrogens is 1. The van der Waals surface area contributed by atoms with E-state index in [1.807, 2.05) is 0 Å². The number of hydrogen-bond acceptors (Lipinski definition) is 7. The topological polar surface area (TPSA) is 141 Å². The molecule has 10 nitrogen and oxygen atoms in total. The molecule has 10 heteroatoms.